The van der Waals surface area contributed by atoms with Gasteiger partial charge in [-0.3, -0.25) is 0 Å². The number of nitrogens with zero attached hydrogens (tertiary/aromatic N) is 1. The molecule has 1 saturated carbocycles. The Bertz CT molecular complexity index is 376. The minimum Gasteiger partial charge on any atom is -0.384 e. The predicted octanol–water partition coefficient (Wildman–Crippen LogP) is 1.58. The van der Waals surface area contributed by atoms with Crippen molar-refractivity contribution in [3.8, 4) is 0 Å². The van der Waals surface area contributed by atoms with Crippen molar-refractivity contribution in [1.29, 1.82) is 0 Å². The van der Waals surface area contributed by atoms with Crippen LogP contribution in [0.15, 0.2) is 0 Å². The van der Waals surface area contributed by atoms with E-state index >= 15 is 0 Å². The maximum absolute atomic E-state index is 12.6. The number of sulfonamides is 1. The lowest BCUT2D eigenvalue weighted by atomic mass is 9.77. The Hall–Kier alpha value is -0.170. The monoisotopic (exact) mass is 306 g/mol. The summed E-state index contributed by atoms with van der Waals surface area (Å²) in [4.78, 5) is 0. The van der Waals surface area contributed by atoms with Crippen LogP contribution in [0.25, 0.3) is 0 Å². The molecule has 0 heterocycles. The third kappa shape index (κ3) is 4.16. The smallest absolute Gasteiger partial charge is 0.216 e. The summed E-state index contributed by atoms with van der Waals surface area (Å²) >= 11 is 0. The molecule has 0 aromatic rings. The van der Waals surface area contributed by atoms with Crippen LogP contribution in [0.2, 0.25) is 0 Å². The summed E-state index contributed by atoms with van der Waals surface area (Å²) in [5.41, 5.74) is 5.62. The van der Waals surface area contributed by atoms with Crippen LogP contribution < -0.4 is 5.73 Å². The molecule has 0 amide bonds. The highest BCUT2D eigenvalue weighted by Crippen LogP contribution is 2.37. The lowest BCUT2D eigenvalue weighted by molar-refractivity contribution is 0.114. The lowest BCUT2D eigenvalue weighted by Crippen LogP contribution is -2.58. The summed E-state index contributed by atoms with van der Waals surface area (Å²) in [6, 6.07) is 0. The van der Waals surface area contributed by atoms with E-state index in [9.17, 15) is 8.42 Å². The summed E-state index contributed by atoms with van der Waals surface area (Å²) in [6.07, 6.45) is 4.66. The molecule has 1 fully saturated rings. The number of rotatable bonds is 8. The molecule has 1 aliphatic rings. The quantitative estimate of drug-likeness (QED) is 0.739. The van der Waals surface area contributed by atoms with E-state index in [0.29, 0.717) is 19.0 Å². The number of hydrogen-bond acceptors (Lipinski definition) is 4. The predicted molar refractivity (Wildman–Crippen MR) is 82.1 cm³/mol. The Balaban J connectivity index is 2.97. The lowest BCUT2D eigenvalue weighted by Gasteiger charge is -2.46. The standard InChI is InChI=1S/C14H30N2O3S/c1-4-9-16(20(17,18)11-10-19-3)14(12-15)7-5-13(2)6-8-14/h13H,4-12,15H2,1-3H3. The van der Waals surface area contributed by atoms with Gasteiger partial charge in [0.15, 0.2) is 0 Å². The molecular weight excluding hydrogens is 276 g/mol. The number of methoxy groups -OCH3 is 1. The minimum atomic E-state index is -3.31. The Morgan fingerprint density at radius 1 is 1.35 bits per heavy atom. The Kier molecular flexibility index (Phi) is 6.91. The molecule has 1 rings (SSSR count). The molecule has 6 heteroatoms. The van der Waals surface area contributed by atoms with E-state index in [2.05, 4.69) is 6.92 Å². The van der Waals surface area contributed by atoms with Crippen molar-refractivity contribution >= 4 is 10.0 Å². The van der Waals surface area contributed by atoms with Crippen molar-refractivity contribution in [2.45, 2.75) is 51.5 Å². The van der Waals surface area contributed by atoms with Gasteiger partial charge >= 0.3 is 0 Å². The van der Waals surface area contributed by atoms with E-state index in [1.807, 2.05) is 6.92 Å². The van der Waals surface area contributed by atoms with Crippen LogP contribution in [0, 0.1) is 5.92 Å². The first-order chi connectivity index (χ1) is 9.41. The van der Waals surface area contributed by atoms with Crippen LogP contribution >= 0.6 is 0 Å². The molecule has 0 spiro atoms. The molecule has 0 aromatic carbocycles. The molecular formula is C14H30N2O3S. The minimum absolute atomic E-state index is 0.0425. The van der Waals surface area contributed by atoms with Gasteiger partial charge in [-0.2, -0.15) is 4.31 Å². The van der Waals surface area contributed by atoms with Gasteiger partial charge in [0.05, 0.1) is 12.4 Å². The Morgan fingerprint density at radius 2 is 1.95 bits per heavy atom. The van der Waals surface area contributed by atoms with Crippen molar-refractivity contribution < 1.29 is 13.2 Å². The number of nitrogens with two attached hydrogens (primary N) is 1. The fourth-order valence-corrected chi connectivity index (χ4v) is 4.93. The summed E-state index contributed by atoms with van der Waals surface area (Å²) < 4.78 is 31.9. The molecule has 0 atom stereocenters. The Labute approximate surface area is 123 Å². The summed E-state index contributed by atoms with van der Waals surface area (Å²) in [7, 11) is -1.78. The van der Waals surface area contributed by atoms with Gasteiger partial charge in [-0.05, 0) is 38.0 Å². The van der Waals surface area contributed by atoms with E-state index in [4.69, 9.17) is 10.5 Å². The van der Waals surface area contributed by atoms with Crippen LogP contribution in [-0.2, 0) is 14.8 Å². The fourth-order valence-electron chi connectivity index (χ4n) is 3.03. The van der Waals surface area contributed by atoms with Crippen LogP contribution in [0.1, 0.15) is 46.0 Å². The van der Waals surface area contributed by atoms with Gasteiger partial charge in [-0.25, -0.2) is 8.42 Å². The molecule has 0 radical (unpaired) electrons. The maximum Gasteiger partial charge on any atom is 0.216 e. The molecule has 0 bridgehead atoms. The highest BCUT2D eigenvalue weighted by Gasteiger charge is 2.43. The van der Waals surface area contributed by atoms with E-state index < -0.39 is 10.0 Å². The first kappa shape index (κ1) is 17.9. The summed E-state index contributed by atoms with van der Waals surface area (Å²) in [5.74, 6) is 0.709. The maximum atomic E-state index is 12.6. The zero-order valence-electron chi connectivity index (χ0n) is 13.1. The SMILES string of the molecule is CCCN(C1(CN)CCC(C)CC1)S(=O)(=O)CCOC. The summed E-state index contributed by atoms with van der Waals surface area (Å²) in [6.45, 7) is 5.43. The van der Waals surface area contributed by atoms with Crippen LogP contribution in [-0.4, -0.2) is 50.8 Å². The van der Waals surface area contributed by atoms with Crippen molar-refractivity contribution in [3.63, 3.8) is 0 Å². The first-order valence-electron chi connectivity index (χ1n) is 7.61. The van der Waals surface area contributed by atoms with E-state index in [0.717, 1.165) is 32.1 Å². The summed E-state index contributed by atoms with van der Waals surface area (Å²) in [5, 5.41) is 0. The third-order valence-corrected chi connectivity index (χ3v) is 6.35. The fraction of sp³-hybridized carbons (Fsp3) is 1.00. The van der Waals surface area contributed by atoms with Gasteiger partial charge < -0.3 is 10.5 Å². The largest absolute Gasteiger partial charge is 0.384 e. The van der Waals surface area contributed by atoms with Crippen LogP contribution in [0.4, 0.5) is 0 Å². The molecule has 1 aliphatic carbocycles. The van der Waals surface area contributed by atoms with Gasteiger partial charge in [0.1, 0.15) is 0 Å². The topological polar surface area (TPSA) is 72.6 Å². The zero-order valence-corrected chi connectivity index (χ0v) is 13.9. The van der Waals surface area contributed by atoms with Crippen molar-refractivity contribution in [3.05, 3.63) is 0 Å². The van der Waals surface area contributed by atoms with E-state index in [1.165, 1.54) is 7.11 Å². The van der Waals surface area contributed by atoms with Gasteiger partial charge in [-0.1, -0.05) is 13.8 Å². The molecule has 0 saturated heterocycles. The highest BCUT2D eigenvalue weighted by atomic mass is 32.2. The normalized spacial score (nSPS) is 27.9. The highest BCUT2D eigenvalue weighted by molar-refractivity contribution is 7.89. The molecule has 5 nitrogen and oxygen atoms in total. The molecule has 2 N–H and O–H groups in total. The first-order valence-corrected chi connectivity index (χ1v) is 9.22. The van der Waals surface area contributed by atoms with Crippen molar-refractivity contribution in [2.24, 2.45) is 11.7 Å². The molecule has 120 valence electrons. The van der Waals surface area contributed by atoms with E-state index in [1.54, 1.807) is 4.31 Å². The van der Waals surface area contributed by atoms with Gasteiger partial charge in [0.2, 0.25) is 10.0 Å². The van der Waals surface area contributed by atoms with E-state index in [-0.39, 0.29) is 17.9 Å². The second-order valence-corrected chi connectivity index (χ2v) is 8.00. The second-order valence-electron chi connectivity index (χ2n) is 5.99. The number of hydrogen-bond donors (Lipinski definition) is 1. The average molecular weight is 306 g/mol. The van der Waals surface area contributed by atoms with Crippen molar-refractivity contribution in [1.82, 2.24) is 4.31 Å². The van der Waals surface area contributed by atoms with Crippen molar-refractivity contribution in [2.75, 3.05) is 32.6 Å². The average Bonchev–Trinajstić information content (AvgIpc) is 2.44. The molecule has 0 aromatic heterocycles. The van der Waals surface area contributed by atoms with Crippen LogP contribution in [0.5, 0.6) is 0 Å². The van der Waals surface area contributed by atoms with Gasteiger partial charge in [0, 0.05) is 25.7 Å². The number of ether oxygens (including phenoxy) is 1. The second kappa shape index (κ2) is 7.73. The third-order valence-electron chi connectivity index (χ3n) is 4.42. The van der Waals surface area contributed by atoms with Gasteiger partial charge in [-0.15, -0.1) is 0 Å². The Morgan fingerprint density at radius 3 is 2.40 bits per heavy atom. The van der Waals surface area contributed by atoms with Crippen LogP contribution in [0.3, 0.4) is 0 Å². The molecule has 20 heavy (non-hydrogen) atoms. The molecule has 0 aliphatic heterocycles. The van der Waals surface area contributed by atoms with Gasteiger partial charge in [0.25, 0.3) is 0 Å². The zero-order chi connectivity index (χ0) is 15.2. The molecule has 0 unspecified atom stereocenters.